The lowest BCUT2D eigenvalue weighted by Gasteiger charge is -2.18. The van der Waals surface area contributed by atoms with E-state index < -0.39 is 0 Å². The van der Waals surface area contributed by atoms with Crippen molar-refractivity contribution in [2.45, 2.75) is 33.1 Å². The van der Waals surface area contributed by atoms with Crippen molar-refractivity contribution >= 4 is 5.78 Å². The van der Waals surface area contributed by atoms with Gasteiger partial charge in [0, 0.05) is 13.1 Å². The Morgan fingerprint density at radius 2 is 2.00 bits per heavy atom. The Kier molecular flexibility index (Phi) is 2.09. The number of H-pyrrole nitrogens is 1. The fraction of sp³-hybridized carbons (Fsp3) is 0.500. The molecule has 0 saturated carbocycles. The van der Waals surface area contributed by atoms with Crippen LogP contribution in [0.3, 0.4) is 0 Å². The van der Waals surface area contributed by atoms with Gasteiger partial charge >= 0.3 is 0 Å². The Bertz CT molecular complexity index is 291. The number of Topliss-reactive ketones (excluding diaryl/α,β-unsaturated/α-hetero) is 1. The summed E-state index contributed by atoms with van der Waals surface area (Å²) in [5.41, 5.74) is 1.87. The first-order chi connectivity index (χ1) is 5.43. The molecule has 0 amide bonds. The first-order valence-corrected chi connectivity index (χ1v) is 4.11. The number of aromatic amines is 1. The number of ketones is 1. The van der Waals surface area contributed by atoms with E-state index in [9.17, 15) is 4.79 Å². The molecule has 0 spiro atoms. The van der Waals surface area contributed by atoms with Gasteiger partial charge in [0.2, 0.25) is 0 Å². The number of hydrogen-bond donors (Lipinski definition) is 1. The molecule has 1 heterocycles. The minimum Gasteiger partial charge on any atom is -0.359 e. The van der Waals surface area contributed by atoms with Crippen molar-refractivity contribution in [1.82, 2.24) is 4.98 Å². The molecule has 1 N–H and O–H groups in total. The van der Waals surface area contributed by atoms with Gasteiger partial charge in [-0.3, -0.25) is 4.79 Å². The van der Waals surface area contributed by atoms with Gasteiger partial charge in [0.15, 0.2) is 5.78 Å². The number of hydrogen-bond acceptors (Lipinski definition) is 1. The zero-order valence-corrected chi connectivity index (χ0v) is 8.06. The van der Waals surface area contributed by atoms with E-state index in [1.807, 2.05) is 12.3 Å². The van der Waals surface area contributed by atoms with Gasteiger partial charge in [-0.25, -0.2) is 0 Å². The molecule has 0 saturated heterocycles. The van der Waals surface area contributed by atoms with E-state index in [-0.39, 0.29) is 11.2 Å². The summed E-state index contributed by atoms with van der Waals surface area (Å²) in [6.07, 6.45) is 1.82. The van der Waals surface area contributed by atoms with Gasteiger partial charge < -0.3 is 4.98 Å². The standard InChI is InChI=1S/C10H15NO/c1-7(12)9-8(5-6-11-9)10(2,3)4/h5-6,11H,1-4H3. The van der Waals surface area contributed by atoms with Gasteiger partial charge in [0.25, 0.3) is 0 Å². The molecule has 0 atom stereocenters. The molecule has 12 heavy (non-hydrogen) atoms. The molecular formula is C10H15NO. The summed E-state index contributed by atoms with van der Waals surface area (Å²) < 4.78 is 0. The summed E-state index contributed by atoms with van der Waals surface area (Å²) >= 11 is 0. The maximum atomic E-state index is 11.1. The molecule has 0 radical (unpaired) electrons. The Balaban J connectivity index is 3.17. The predicted octanol–water partition coefficient (Wildman–Crippen LogP) is 2.51. The van der Waals surface area contributed by atoms with Crippen LogP contribution in [0.5, 0.6) is 0 Å². The second-order valence-electron chi connectivity index (χ2n) is 4.07. The highest BCUT2D eigenvalue weighted by molar-refractivity contribution is 5.94. The van der Waals surface area contributed by atoms with Crippen molar-refractivity contribution in [3.63, 3.8) is 0 Å². The van der Waals surface area contributed by atoms with Crippen molar-refractivity contribution in [1.29, 1.82) is 0 Å². The molecule has 2 heteroatoms. The third-order valence-electron chi connectivity index (χ3n) is 1.91. The maximum absolute atomic E-state index is 11.1. The first kappa shape index (κ1) is 9.04. The fourth-order valence-electron chi connectivity index (χ4n) is 1.29. The predicted molar refractivity (Wildman–Crippen MR) is 49.5 cm³/mol. The molecular weight excluding hydrogens is 150 g/mol. The summed E-state index contributed by atoms with van der Waals surface area (Å²) in [4.78, 5) is 14.1. The van der Waals surface area contributed by atoms with Crippen LogP contribution >= 0.6 is 0 Å². The highest BCUT2D eigenvalue weighted by Crippen LogP contribution is 2.25. The summed E-state index contributed by atoms with van der Waals surface area (Å²) in [7, 11) is 0. The topological polar surface area (TPSA) is 32.9 Å². The first-order valence-electron chi connectivity index (χ1n) is 4.11. The fourth-order valence-corrected chi connectivity index (χ4v) is 1.29. The van der Waals surface area contributed by atoms with Crippen molar-refractivity contribution in [3.05, 3.63) is 23.5 Å². The van der Waals surface area contributed by atoms with Crippen molar-refractivity contribution in [3.8, 4) is 0 Å². The van der Waals surface area contributed by atoms with Gasteiger partial charge in [-0.2, -0.15) is 0 Å². The van der Waals surface area contributed by atoms with Crippen LogP contribution in [0.4, 0.5) is 0 Å². The molecule has 0 aliphatic heterocycles. The molecule has 1 aromatic heterocycles. The van der Waals surface area contributed by atoms with Crippen molar-refractivity contribution in [2.75, 3.05) is 0 Å². The highest BCUT2D eigenvalue weighted by atomic mass is 16.1. The molecule has 1 aromatic rings. The average Bonchev–Trinajstić information content (AvgIpc) is 2.30. The summed E-state index contributed by atoms with van der Waals surface area (Å²) in [6.45, 7) is 7.88. The van der Waals surface area contributed by atoms with Gasteiger partial charge in [-0.05, 0) is 17.0 Å². The van der Waals surface area contributed by atoms with Crippen LogP contribution in [0.15, 0.2) is 12.3 Å². The zero-order chi connectivity index (χ0) is 9.35. The molecule has 66 valence electrons. The zero-order valence-electron chi connectivity index (χ0n) is 8.06. The lowest BCUT2D eigenvalue weighted by molar-refractivity contribution is 0.101. The van der Waals surface area contributed by atoms with Crippen molar-refractivity contribution < 1.29 is 4.79 Å². The van der Waals surface area contributed by atoms with E-state index in [2.05, 4.69) is 25.8 Å². The van der Waals surface area contributed by atoms with Crippen LogP contribution in [0.2, 0.25) is 0 Å². The lowest BCUT2D eigenvalue weighted by atomic mass is 9.86. The van der Waals surface area contributed by atoms with Gasteiger partial charge in [0.1, 0.15) is 0 Å². The minimum absolute atomic E-state index is 0.0427. The van der Waals surface area contributed by atoms with Gasteiger partial charge in [0.05, 0.1) is 5.69 Å². The largest absolute Gasteiger partial charge is 0.359 e. The van der Waals surface area contributed by atoms with Crippen LogP contribution in [0.1, 0.15) is 43.7 Å². The number of nitrogens with one attached hydrogen (secondary N) is 1. The van der Waals surface area contributed by atoms with Crippen molar-refractivity contribution in [2.24, 2.45) is 0 Å². The molecule has 0 bridgehead atoms. The van der Waals surface area contributed by atoms with E-state index in [0.29, 0.717) is 0 Å². The number of carbonyl (C=O) groups excluding carboxylic acids is 1. The monoisotopic (exact) mass is 165 g/mol. The van der Waals surface area contributed by atoms with Gasteiger partial charge in [-0.1, -0.05) is 20.8 Å². The second-order valence-corrected chi connectivity index (χ2v) is 4.07. The summed E-state index contributed by atoms with van der Waals surface area (Å²) in [5.74, 6) is 0.102. The quantitative estimate of drug-likeness (QED) is 0.637. The minimum atomic E-state index is 0.0427. The van der Waals surface area contributed by atoms with E-state index in [1.54, 1.807) is 6.92 Å². The van der Waals surface area contributed by atoms with Crippen LogP contribution in [0.25, 0.3) is 0 Å². The molecule has 0 aliphatic rings. The van der Waals surface area contributed by atoms with E-state index in [1.165, 1.54) is 0 Å². The molecule has 1 rings (SSSR count). The van der Waals surface area contributed by atoms with E-state index >= 15 is 0 Å². The number of rotatable bonds is 1. The molecule has 0 fully saturated rings. The van der Waals surface area contributed by atoms with Crippen LogP contribution in [0, 0.1) is 0 Å². The van der Waals surface area contributed by atoms with Crippen LogP contribution < -0.4 is 0 Å². The Morgan fingerprint density at radius 3 is 2.33 bits per heavy atom. The Labute approximate surface area is 73.0 Å². The molecule has 0 unspecified atom stereocenters. The van der Waals surface area contributed by atoms with E-state index in [4.69, 9.17) is 0 Å². The lowest BCUT2D eigenvalue weighted by Crippen LogP contribution is -2.14. The number of aromatic nitrogens is 1. The number of carbonyl (C=O) groups is 1. The SMILES string of the molecule is CC(=O)c1[nH]ccc1C(C)(C)C. The third-order valence-corrected chi connectivity index (χ3v) is 1.91. The highest BCUT2D eigenvalue weighted by Gasteiger charge is 2.20. The Morgan fingerprint density at radius 1 is 1.42 bits per heavy atom. The molecule has 0 aromatic carbocycles. The van der Waals surface area contributed by atoms with Crippen LogP contribution in [-0.4, -0.2) is 10.8 Å². The third kappa shape index (κ3) is 1.58. The molecule has 0 aliphatic carbocycles. The molecule has 2 nitrogen and oxygen atoms in total. The summed E-state index contributed by atoms with van der Waals surface area (Å²) in [5, 5.41) is 0. The van der Waals surface area contributed by atoms with E-state index in [0.717, 1.165) is 11.3 Å². The smallest absolute Gasteiger partial charge is 0.176 e. The normalized spacial score (nSPS) is 11.7. The van der Waals surface area contributed by atoms with Crippen LogP contribution in [-0.2, 0) is 5.41 Å². The average molecular weight is 165 g/mol. The second kappa shape index (κ2) is 2.77. The summed E-state index contributed by atoms with van der Waals surface area (Å²) in [6, 6.07) is 1.97. The Hall–Kier alpha value is -1.05. The van der Waals surface area contributed by atoms with Gasteiger partial charge in [-0.15, -0.1) is 0 Å². The maximum Gasteiger partial charge on any atom is 0.176 e.